The normalized spacial score (nSPS) is 13.5. The maximum atomic E-state index is 13.0. The van der Waals surface area contributed by atoms with Gasteiger partial charge in [-0.1, -0.05) is 18.5 Å². The minimum Gasteiger partial charge on any atom is -0.373 e. The predicted octanol–water partition coefficient (Wildman–Crippen LogP) is 4.12. The lowest BCUT2D eigenvalue weighted by Crippen LogP contribution is -2.12. The van der Waals surface area contributed by atoms with E-state index in [1.54, 1.807) is 13.0 Å². The van der Waals surface area contributed by atoms with E-state index < -0.39 is 18.0 Å². The largest absolute Gasteiger partial charge is 0.418 e. The van der Waals surface area contributed by atoms with E-state index in [4.69, 9.17) is 11.6 Å². The first kappa shape index (κ1) is 14.9. The lowest BCUT2D eigenvalue weighted by atomic mass is 10.1. The SMILES string of the molecule is CCC(O)n1cccc1-c1nc(Cl)ccc1C(F)(F)F. The minimum atomic E-state index is -4.54. The van der Waals surface area contributed by atoms with Gasteiger partial charge < -0.3 is 9.67 Å². The van der Waals surface area contributed by atoms with Gasteiger partial charge in [-0.3, -0.25) is 0 Å². The predicted molar refractivity (Wildman–Crippen MR) is 69.2 cm³/mol. The van der Waals surface area contributed by atoms with E-state index in [-0.39, 0.29) is 16.5 Å². The Bertz CT molecular complexity index is 610. The van der Waals surface area contributed by atoms with Crippen molar-refractivity contribution in [1.82, 2.24) is 9.55 Å². The molecule has 1 unspecified atom stereocenters. The van der Waals surface area contributed by atoms with Crippen molar-refractivity contribution in [1.29, 1.82) is 0 Å². The van der Waals surface area contributed by atoms with Crippen molar-refractivity contribution in [2.24, 2.45) is 0 Å². The molecule has 0 aliphatic heterocycles. The van der Waals surface area contributed by atoms with Crippen molar-refractivity contribution in [3.8, 4) is 11.4 Å². The van der Waals surface area contributed by atoms with E-state index >= 15 is 0 Å². The van der Waals surface area contributed by atoms with Gasteiger partial charge >= 0.3 is 6.18 Å². The van der Waals surface area contributed by atoms with Crippen LogP contribution in [0.3, 0.4) is 0 Å². The minimum absolute atomic E-state index is 0.0354. The van der Waals surface area contributed by atoms with Crippen molar-refractivity contribution in [2.75, 3.05) is 0 Å². The molecule has 1 atom stereocenters. The van der Waals surface area contributed by atoms with Crippen LogP contribution in [0, 0.1) is 0 Å². The third-order valence-electron chi connectivity index (χ3n) is 2.87. The first-order chi connectivity index (χ1) is 9.34. The van der Waals surface area contributed by atoms with Gasteiger partial charge in [-0.05, 0) is 30.7 Å². The van der Waals surface area contributed by atoms with Crippen molar-refractivity contribution in [2.45, 2.75) is 25.7 Å². The molecule has 20 heavy (non-hydrogen) atoms. The smallest absolute Gasteiger partial charge is 0.373 e. The van der Waals surface area contributed by atoms with Gasteiger partial charge in [0.05, 0.1) is 11.3 Å². The molecule has 108 valence electrons. The summed E-state index contributed by atoms with van der Waals surface area (Å²) in [4.78, 5) is 3.77. The maximum absolute atomic E-state index is 13.0. The van der Waals surface area contributed by atoms with Crippen molar-refractivity contribution >= 4 is 11.6 Å². The fourth-order valence-electron chi connectivity index (χ4n) is 1.91. The number of pyridine rings is 1. The molecule has 0 aliphatic rings. The summed E-state index contributed by atoms with van der Waals surface area (Å²) in [5.41, 5.74) is -0.998. The number of aliphatic hydroxyl groups is 1. The van der Waals surface area contributed by atoms with Crippen LogP contribution in [0.2, 0.25) is 5.15 Å². The molecule has 0 aromatic carbocycles. The van der Waals surface area contributed by atoms with Crippen LogP contribution in [0.25, 0.3) is 11.4 Å². The summed E-state index contributed by atoms with van der Waals surface area (Å²) >= 11 is 5.70. The van der Waals surface area contributed by atoms with E-state index in [2.05, 4.69) is 4.98 Å². The summed E-state index contributed by atoms with van der Waals surface area (Å²) < 4.78 is 40.4. The first-order valence-corrected chi connectivity index (χ1v) is 6.31. The van der Waals surface area contributed by atoms with Crippen LogP contribution in [-0.2, 0) is 6.18 Å². The number of nitrogens with zero attached hydrogens (tertiary/aromatic N) is 2. The zero-order valence-electron chi connectivity index (χ0n) is 10.5. The average molecular weight is 305 g/mol. The molecule has 2 aromatic heterocycles. The van der Waals surface area contributed by atoms with Crippen LogP contribution in [0.1, 0.15) is 25.1 Å². The van der Waals surface area contributed by atoms with Crippen molar-refractivity contribution in [3.63, 3.8) is 0 Å². The molecule has 0 radical (unpaired) electrons. The molecule has 2 aromatic rings. The molecule has 1 N–H and O–H groups in total. The van der Waals surface area contributed by atoms with Crippen LogP contribution in [0.5, 0.6) is 0 Å². The van der Waals surface area contributed by atoms with E-state index in [0.717, 1.165) is 12.1 Å². The monoisotopic (exact) mass is 304 g/mol. The number of halogens is 4. The van der Waals surface area contributed by atoms with E-state index in [1.807, 2.05) is 0 Å². The zero-order chi connectivity index (χ0) is 14.9. The molecule has 3 nitrogen and oxygen atoms in total. The summed E-state index contributed by atoms with van der Waals surface area (Å²) in [6.45, 7) is 1.73. The Morgan fingerprint density at radius 1 is 1.35 bits per heavy atom. The van der Waals surface area contributed by atoms with Crippen molar-refractivity contribution in [3.05, 3.63) is 41.2 Å². The summed E-state index contributed by atoms with van der Waals surface area (Å²) in [5, 5.41) is 9.81. The molecule has 2 rings (SSSR count). The number of alkyl halides is 3. The fraction of sp³-hybridized carbons (Fsp3) is 0.308. The topological polar surface area (TPSA) is 38.0 Å². The van der Waals surface area contributed by atoms with Gasteiger partial charge in [0.15, 0.2) is 0 Å². The molecule has 0 fully saturated rings. The third kappa shape index (κ3) is 2.81. The average Bonchev–Trinajstić information content (AvgIpc) is 2.85. The molecule has 0 amide bonds. The summed E-state index contributed by atoms with van der Waals surface area (Å²) in [5.74, 6) is 0. The van der Waals surface area contributed by atoms with E-state index in [9.17, 15) is 18.3 Å². The molecular weight excluding hydrogens is 293 g/mol. The Kier molecular flexibility index (Phi) is 4.06. The highest BCUT2D eigenvalue weighted by atomic mass is 35.5. The van der Waals surface area contributed by atoms with Crippen LogP contribution < -0.4 is 0 Å². The lowest BCUT2D eigenvalue weighted by Gasteiger charge is -2.17. The Labute approximate surface area is 118 Å². The molecule has 0 saturated carbocycles. The molecule has 0 spiro atoms. The molecule has 0 aliphatic carbocycles. The molecule has 0 bridgehead atoms. The summed E-state index contributed by atoms with van der Waals surface area (Å²) in [6, 6.07) is 5.00. The molecule has 7 heteroatoms. The lowest BCUT2D eigenvalue weighted by molar-refractivity contribution is -0.137. The highest BCUT2D eigenvalue weighted by molar-refractivity contribution is 6.29. The number of hydrogen-bond acceptors (Lipinski definition) is 2. The third-order valence-corrected chi connectivity index (χ3v) is 3.08. The highest BCUT2D eigenvalue weighted by Crippen LogP contribution is 2.37. The quantitative estimate of drug-likeness (QED) is 0.866. The van der Waals surface area contributed by atoms with Crippen LogP contribution in [-0.4, -0.2) is 14.7 Å². The second-order valence-corrected chi connectivity index (χ2v) is 4.60. The summed E-state index contributed by atoms with van der Waals surface area (Å²) in [6.07, 6.45) is -3.59. The van der Waals surface area contributed by atoms with Gasteiger partial charge in [-0.25, -0.2) is 4.98 Å². The van der Waals surface area contributed by atoms with Gasteiger partial charge in [-0.2, -0.15) is 13.2 Å². The number of aliphatic hydroxyl groups excluding tert-OH is 1. The number of hydrogen-bond donors (Lipinski definition) is 1. The maximum Gasteiger partial charge on any atom is 0.418 e. The molecular formula is C13H12ClF3N2O. The first-order valence-electron chi connectivity index (χ1n) is 5.93. The molecule has 0 saturated heterocycles. The van der Waals surface area contributed by atoms with E-state index in [1.165, 1.54) is 16.8 Å². The standard InChI is InChI=1S/C13H12ClF3N2O/c1-2-11(20)19-7-3-4-9(19)12-8(13(15,16)17)5-6-10(14)18-12/h3-7,11,20H,2H2,1H3. The number of rotatable bonds is 3. The zero-order valence-corrected chi connectivity index (χ0v) is 11.3. The van der Waals surface area contributed by atoms with Crippen LogP contribution in [0.4, 0.5) is 13.2 Å². The van der Waals surface area contributed by atoms with Gasteiger partial charge in [-0.15, -0.1) is 0 Å². The van der Waals surface area contributed by atoms with Gasteiger partial charge in [0.1, 0.15) is 17.1 Å². The Hall–Kier alpha value is -1.53. The van der Waals surface area contributed by atoms with Gasteiger partial charge in [0.25, 0.3) is 0 Å². The van der Waals surface area contributed by atoms with E-state index in [0.29, 0.717) is 6.42 Å². The Morgan fingerprint density at radius 2 is 2.05 bits per heavy atom. The fourth-order valence-corrected chi connectivity index (χ4v) is 2.06. The summed E-state index contributed by atoms with van der Waals surface area (Å²) in [7, 11) is 0. The Morgan fingerprint density at radius 3 is 2.65 bits per heavy atom. The number of aromatic nitrogens is 2. The Balaban J connectivity index is 2.64. The highest BCUT2D eigenvalue weighted by Gasteiger charge is 2.35. The van der Waals surface area contributed by atoms with Gasteiger partial charge in [0.2, 0.25) is 0 Å². The van der Waals surface area contributed by atoms with Crippen LogP contribution in [0.15, 0.2) is 30.5 Å². The van der Waals surface area contributed by atoms with Crippen LogP contribution >= 0.6 is 11.6 Å². The second-order valence-electron chi connectivity index (χ2n) is 4.22. The second kappa shape index (κ2) is 5.46. The van der Waals surface area contributed by atoms with Crippen molar-refractivity contribution < 1.29 is 18.3 Å². The molecule has 2 heterocycles. The van der Waals surface area contributed by atoms with Gasteiger partial charge in [0, 0.05) is 6.20 Å².